The summed E-state index contributed by atoms with van der Waals surface area (Å²) >= 11 is 0. The van der Waals surface area contributed by atoms with E-state index in [1.165, 1.54) is 20.1 Å². The van der Waals surface area contributed by atoms with Gasteiger partial charge in [0.15, 0.2) is 37.2 Å². The van der Waals surface area contributed by atoms with Gasteiger partial charge in [-0.1, -0.05) is 6.08 Å². The molecule has 0 radical (unpaired) electrons. The Morgan fingerprint density at radius 1 is 0.646 bits per heavy atom. The van der Waals surface area contributed by atoms with E-state index in [0.29, 0.717) is 44.9 Å². The van der Waals surface area contributed by atoms with Gasteiger partial charge in [-0.2, -0.15) is 0 Å². The molecule has 0 spiro atoms. The standard InChI is InChI=1S/C43H70O22/c1-17-39(65-30(48)10-4-18-3-9-23(47)26(11-18)57-2)35(53)38(56)41(59-17)58-16-29-32(50)34(52)37(55)43(64-29)62-27-14-22-24(60-40(27)19-5-7-20(45)8-6-19)12-21(46)13-25(22)61-42-36(54)33(51)31(49)28(15-44)63-42/h4,10,17-29,31-47,49-56H,3,5-9,11-16H2,1-2H3/p+1/t17-,18?,19?,20?,21?,22?,23?,24?,25?,26?,27?,28+,29+,31+,32+,33-,34-,35-,36+,37+,38+,39-,40?,41+,42+,43+/m0/s1. The summed E-state index contributed by atoms with van der Waals surface area (Å²) in [6, 6.07) is 0. The SMILES string of the molecule is COC1CC(C=CC(=O)O[C@@H]2[C@@H](O)[C@@H](O)[C@H](OC[C@H]3O[C@@H](OC4CC5C(O[C@@H]6O[C@H](CO)[C@@H](O)[C@H](O)[C@H]6O)CC(O)CC5[OH+]C4C4CCC(O)CC4)[C@H](O)[C@@H](O)[C@@H]3O)O[C@H]2C)CCC1O. The number of ether oxygens (including phenoxy) is 9. The van der Waals surface area contributed by atoms with Gasteiger partial charge in [-0.25, -0.2) is 4.79 Å². The minimum Gasteiger partial charge on any atom is -0.454 e. The van der Waals surface area contributed by atoms with Gasteiger partial charge in [-0.05, 0) is 64.2 Å². The van der Waals surface area contributed by atoms with E-state index in [9.17, 15) is 66.1 Å². The van der Waals surface area contributed by atoms with Crippen LogP contribution in [-0.4, -0.2) is 233 Å². The molecule has 22 nitrogen and oxygen atoms in total. The molecule has 24 atom stereocenters. The van der Waals surface area contributed by atoms with Gasteiger partial charge in [0.2, 0.25) is 0 Å². The van der Waals surface area contributed by atoms with Gasteiger partial charge in [-0.3, -0.25) is 0 Å². The van der Waals surface area contributed by atoms with Gasteiger partial charge in [0.05, 0.1) is 55.8 Å². The predicted octanol–water partition coefficient (Wildman–Crippen LogP) is -4.52. The van der Waals surface area contributed by atoms with Crippen molar-refractivity contribution in [2.75, 3.05) is 20.3 Å². The normalized spacial score (nSPS) is 51.0. The molecule has 0 aromatic heterocycles. The second-order valence-corrected chi connectivity index (χ2v) is 19.1. The van der Waals surface area contributed by atoms with E-state index >= 15 is 0 Å². The van der Waals surface area contributed by atoms with Crippen LogP contribution < -0.4 is 0 Å². The molecule has 22 heteroatoms. The molecule has 0 bridgehead atoms. The third-order valence-corrected chi connectivity index (χ3v) is 14.7. The first-order valence-electron chi connectivity index (χ1n) is 23.1. The van der Waals surface area contributed by atoms with Crippen LogP contribution in [0, 0.1) is 17.8 Å². The average molecular weight is 940 g/mol. The van der Waals surface area contributed by atoms with Crippen molar-refractivity contribution in [1.29, 1.82) is 0 Å². The van der Waals surface area contributed by atoms with Gasteiger partial charge in [0.25, 0.3) is 0 Å². The highest BCUT2D eigenvalue weighted by molar-refractivity contribution is 5.82. The molecule has 4 aliphatic heterocycles. The Bertz CT molecular complexity index is 1530. The molecule has 13 N–H and O–H groups in total. The topological polar surface area (TPSA) is 346 Å². The van der Waals surface area contributed by atoms with Gasteiger partial charge in [0.1, 0.15) is 67.1 Å². The monoisotopic (exact) mass is 939 g/mol. The third kappa shape index (κ3) is 11.7. The molecule has 3 aliphatic carbocycles. The lowest BCUT2D eigenvalue weighted by Crippen LogP contribution is -2.64. The molecule has 65 heavy (non-hydrogen) atoms. The largest absolute Gasteiger partial charge is 0.454 e. The zero-order valence-corrected chi connectivity index (χ0v) is 36.6. The molecule has 4 saturated heterocycles. The molecule has 0 amide bonds. The number of methoxy groups -OCH3 is 1. The third-order valence-electron chi connectivity index (χ3n) is 14.7. The number of allylic oxidation sites excluding steroid dienone is 1. The number of hydrogen-bond acceptors (Lipinski definition) is 21. The van der Waals surface area contributed by atoms with Crippen LogP contribution in [0.25, 0.3) is 0 Å². The fraction of sp³-hybridized carbons (Fsp3) is 0.930. The molecule has 3 saturated carbocycles. The Morgan fingerprint density at radius 2 is 1.28 bits per heavy atom. The summed E-state index contributed by atoms with van der Waals surface area (Å²) in [5.41, 5.74) is 0. The lowest BCUT2D eigenvalue weighted by atomic mass is 9.73. The Labute approximate surface area is 376 Å². The summed E-state index contributed by atoms with van der Waals surface area (Å²) in [6.07, 6.45) is -20.7. The quantitative estimate of drug-likeness (QED) is 0.0470. The van der Waals surface area contributed by atoms with Crippen molar-refractivity contribution in [3.8, 4) is 0 Å². The van der Waals surface area contributed by atoms with Crippen LogP contribution in [0.5, 0.6) is 0 Å². The first kappa shape index (κ1) is 51.3. The first-order valence-corrected chi connectivity index (χ1v) is 23.1. The van der Waals surface area contributed by atoms with Crippen molar-refractivity contribution >= 4 is 5.97 Å². The summed E-state index contributed by atoms with van der Waals surface area (Å²) < 4.78 is 51.9. The average Bonchev–Trinajstić information content (AvgIpc) is 3.29. The van der Waals surface area contributed by atoms with Crippen molar-refractivity contribution in [2.45, 2.75) is 212 Å². The van der Waals surface area contributed by atoms with E-state index < -0.39 is 160 Å². The van der Waals surface area contributed by atoms with E-state index in [0.717, 1.165) is 0 Å². The fourth-order valence-corrected chi connectivity index (χ4v) is 10.8. The maximum absolute atomic E-state index is 12.8. The van der Waals surface area contributed by atoms with Crippen LogP contribution in [0.15, 0.2) is 12.2 Å². The first-order chi connectivity index (χ1) is 31.0. The van der Waals surface area contributed by atoms with Crippen molar-refractivity contribution in [3.63, 3.8) is 0 Å². The van der Waals surface area contributed by atoms with E-state index in [2.05, 4.69) is 0 Å². The van der Waals surface area contributed by atoms with Crippen LogP contribution in [0.1, 0.15) is 71.1 Å². The highest BCUT2D eigenvalue weighted by Crippen LogP contribution is 2.44. The lowest BCUT2D eigenvalue weighted by Gasteiger charge is -2.50. The van der Waals surface area contributed by atoms with Crippen LogP contribution >= 0.6 is 0 Å². The predicted molar refractivity (Wildman–Crippen MR) is 217 cm³/mol. The van der Waals surface area contributed by atoms with Crippen LogP contribution in [0.2, 0.25) is 0 Å². The number of rotatable bonds is 13. The molecule has 374 valence electrons. The van der Waals surface area contributed by atoms with Crippen LogP contribution in [0.3, 0.4) is 0 Å². The van der Waals surface area contributed by atoms with Crippen LogP contribution in [-0.2, 0) is 42.7 Å². The summed E-state index contributed by atoms with van der Waals surface area (Å²) in [7, 11) is 1.51. The number of aliphatic hydroxyl groups excluding tert-OH is 12. The van der Waals surface area contributed by atoms with Crippen molar-refractivity contribution < 1.29 is 109 Å². The maximum atomic E-state index is 12.8. The second kappa shape index (κ2) is 22.4. The van der Waals surface area contributed by atoms with Gasteiger partial charge < -0.3 is 104 Å². The zero-order chi connectivity index (χ0) is 46.9. The number of hydrogen-bond donors (Lipinski definition) is 12. The van der Waals surface area contributed by atoms with Gasteiger partial charge in [0, 0.05) is 31.9 Å². The smallest absolute Gasteiger partial charge is 0.330 e. The highest BCUT2D eigenvalue weighted by atomic mass is 16.7. The zero-order valence-electron chi connectivity index (χ0n) is 36.6. The van der Waals surface area contributed by atoms with Crippen molar-refractivity contribution in [3.05, 3.63) is 12.2 Å². The minimum atomic E-state index is -1.80. The number of esters is 1. The molecule has 0 aromatic carbocycles. The number of carbonyl (C=O) groups excluding carboxylic acids is 1. The summed E-state index contributed by atoms with van der Waals surface area (Å²) in [6.45, 7) is 0.304. The van der Waals surface area contributed by atoms with Gasteiger partial charge in [-0.15, -0.1) is 0 Å². The second-order valence-electron chi connectivity index (χ2n) is 19.1. The summed E-state index contributed by atoms with van der Waals surface area (Å²) in [5.74, 6) is -1.39. The van der Waals surface area contributed by atoms with Crippen LogP contribution in [0.4, 0.5) is 0 Å². The van der Waals surface area contributed by atoms with Crippen molar-refractivity contribution in [1.82, 2.24) is 0 Å². The van der Waals surface area contributed by atoms with E-state index in [1.54, 1.807) is 6.08 Å². The van der Waals surface area contributed by atoms with Gasteiger partial charge >= 0.3 is 5.97 Å². The lowest BCUT2D eigenvalue weighted by molar-refractivity contribution is -0.370. The summed E-state index contributed by atoms with van der Waals surface area (Å²) in [5, 5.41) is 128. The molecular formula is C43H71O22+. The van der Waals surface area contributed by atoms with Crippen molar-refractivity contribution in [2.24, 2.45) is 17.8 Å². The van der Waals surface area contributed by atoms with E-state index in [4.69, 9.17) is 42.6 Å². The molecule has 0 aromatic rings. The Balaban J connectivity index is 0.995. The molecule has 7 aliphatic rings. The minimum absolute atomic E-state index is 0.0449. The number of aliphatic hydroxyl groups is 14. The number of carbonyl (C=O) groups is 1. The Hall–Kier alpha value is -1.59. The highest BCUT2D eigenvalue weighted by Gasteiger charge is 2.57. The Morgan fingerprint density at radius 3 is 1.94 bits per heavy atom. The molecule has 4 heterocycles. The number of fused-ring (bicyclic) bond motifs is 1. The Kier molecular flexibility index (Phi) is 17.7. The van der Waals surface area contributed by atoms with E-state index in [1.807, 2.05) is 0 Å². The molecule has 7 fully saturated rings. The summed E-state index contributed by atoms with van der Waals surface area (Å²) in [4.78, 5) is 12.8. The molecular weight excluding hydrogens is 868 g/mol. The molecule has 9 unspecified atom stereocenters. The van der Waals surface area contributed by atoms with E-state index in [-0.39, 0.29) is 37.2 Å². The fourth-order valence-electron chi connectivity index (χ4n) is 10.8. The maximum Gasteiger partial charge on any atom is 0.330 e. The molecule has 7 rings (SSSR count).